The first kappa shape index (κ1) is 11.0. The zero-order chi connectivity index (χ0) is 10.7. The number of nitrogens with one attached hydrogen (secondary N) is 1. The highest BCUT2D eigenvalue weighted by Crippen LogP contribution is 2.35. The fraction of sp³-hybridized carbons (Fsp3) is 0.538. The SMILES string of the molecule is CSCCNC1c2ccccc2CC1C. The zero-order valence-corrected chi connectivity index (χ0v) is 10.3. The minimum absolute atomic E-state index is 0.577. The lowest BCUT2D eigenvalue weighted by Gasteiger charge is -2.18. The van der Waals surface area contributed by atoms with Crippen molar-refractivity contribution in [3.8, 4) is 0 Å². The van der Waals surface area contributed by atoms with Crippen molar-refractivity contribution in [3.05, 3.63) is 35.4 Å². The summed E-state index contributed by atoms with van der Waals surface area (Å²) in [5.41, 5.74) is 3.05. The molecule has 2 atom stereocenters. The van der Waals surface area contributed by atoms with Gasteiger partial charge < -0.3 is 5.32 Å². The molecule has 0 fully saturated rings. The van der Waals surface area contributed by atoms with E-state index in [4.69, 9.17) is 0 Å². The van der Waals surface area contributed by atoms with E-state index in [1.807, 2.05) is 11.8 Å². The van der Waals surface area contributed by atoms with Crippen LogP contribution in [0.15, 0.2) is 24.3 Å². The number of fused-ring (bicyclic) bond motifs is 1. The van der Waals surface area contributed by atoms with Crippen LogP contribution in [0.25, 0.3) is 0 Å². The molecule has 0 bridgehead atoms. The van der Waals surface area contributed by atoms with Gasteiger partial charge in [0.1, 0.15) is 0 Å². The van der Waals surface area contributed by atoms with E-state index < -0.39 is 0 Å². The molecule has 1 N–H and O–H groups in total. The average molecular weight is 221 g/mol. The molecule has 0 aliphatic heterocycles. The van der Waals surface area contributed by atoms with Crippen LogP contribution in [0.3, 0.4) is 0 Å². The van der Waals surface area contributed by atoms with Gasteiger partial charge in [-0.1, -0.05) is 31.2 Å². The largest absolute Gasteiger partial charge is 0.309 e. The minimum Gasteiger partial charge on any atom is -0.309 e. The van der Waals surface area contributed by atoms with Crippen LogP contribution in [0, 0.1) is 5.92 Å². The third-order valence-electron chi connectivity index (χ3n) is 3.17. The van der Waals surface area contributed by atoms with Crippen LogP contribution in [-0.2, 0) is 6.42 Å². The van der Waals surface area contributed by atoms with Crippen molar-refractivity contribution in [2.45, 2.75) is 19.4 Å². The Morgan fingerprint density at radius 2 is 2.20 bits per heavy atom. The van der Waals surface area contributed by atoms with Gasteiger partial charge in [-0.15, -0.1) is 0 Å². The standard InChI is InChI=1S/C13H19NS/c1-10-9-11-5-3-4-6-12(11)13(10)14-7-8-15-2/h3-6,10,13-14H,7-9H2,1-2H3. The Labute approximate surface area is 96.7 Å². The van der Waals surface area contributed by atoms with Gasteiger partial charge in [0.05, 0.1) is 0 Å². The van der Waals surface area contributed by atoms with Crippen molar-refractivity contribution in [2.75, 3.05) is 18.6 Å². The molecule has 0 spiro atoms. The number of hydrogen-bond donors (Lipinski definition) is 1. The molecule has 2 rings (SSSR count). The fourth-order valence-electron chi connectivity index (χ4n) is 2.42. The molecule has 1 aliphatic rings. The molecule has 0 saturated heterocycles. The summed E-state index contributed by atoms with van der Waals surface area (Å²) in [7, 11) is 0. The lowest BCUT2D eigenvalue weighted by atomic mass is 10.0. The summed E-state index contributed by atoms with van der Waals surface area (Å²) in [5.74, 6) is 1.94. The van der Waals surface area contributed by atoms with E-state index in [0.29, 0.717) is 6.04 Å². The molecule has 1 aromatic carbocycles. The van der Waals surface area contributed by atoms with Gasteiger partial charge in [-0.25, -0.2) is 0 Å². The van der Waals surface area contributed by atoms with Gasteiger partial charge in [-0.3, -0.25) is 0 Å². The summed E-state index contributed by atoms with van der Waals surface area (Å²) in [4.78, 5) is 0. The van der Waals surface area contributed by atoms with Crippen molar-refractivity contribution in [1.29, 1.82) is 0 Å². The Balaban J connectivity index is 2.05. The lowest BCUT2D eigenvalue weighted by molar-refractivity contribution is 0.427. The van der Waals surface area contributed by atoms with E-state index >= 15 is 0 Å². The molecule has 0 heterocycles. The van der Waals surface area contributed by atoms with Gasteiger partial charge in [0.15, 0.2) is 0 Å². The van der Waals surface area contributed by atoms with E-state index in [0.717, 1.165) is 12.5 Å². The quantitative estimate of drug-likeness (QED) is 0.785. The van der Waals surface area contributed by atoms with Crippen molar-refractivity contribution in [3.63, 3.8) is 0 Å². The first-order chi connectivity index (χ1) is 7.33. The second-order valence-corrected chi connectivity index (χ2v) is 5.29. The van der Waals surface area contributed by atoms with Crippen LogP contribution >= 0.6 is 11.8 Å². The molecule has 82 valence electrons. The van der Waals surface area contributed by atoms with Crippen LogP contribution in [0.4, 0.5) is 0 Å². The van der Waals surface area contributed by atoms with Gasteiger partial charge in [0.25, 0.3) is 0 Å². The number of thioether (sulfide) groups is 1. The summed E-state index contributed by atoms with van der Waals surface area (Å²) >= 11 is 1.91. The maximum Gasteiger partial charge on any atom is 0.0352 e. The maximum absolute atomic E-state index is 3.67. The Morgan fingerprint density at radius 3 is 3.00 bits per heavy atom. The molecule has 0 aromatic heterocycles. The van der Waals surface area contributed by atoms with Crippen molar-refractivity contribution < 1.29 is 0 Å². The molecule has 2 unspecified atom stereocenters. The summed E-state index contributed by atoms with van der Waals surface area (Å²) in [6.07, 6.45) is 3.39. The molecule has 1 aromatic rings. The van der Waals surface area contributed by atoms with Gasteiger partial charge in [-0.2, -0.15) is 11.8 Å². The van der Waals surface area contributed by atoms with Gasteiger partial charge >= 0.3 is 0 Å². The van der Waals surface area contributed by atoms with Gasteiger partial charge in [0, 0.05) is 18.3 Å². The molecule has 0 radical (unpaired) electrons. The summed E-state index contributed by atoms with van der Waals surface area (Å²) in [6, 6.07) is 9.42. The van der Waals surface area contributed by atoms with Crippen molar-refractivity contribution in [2.24, 2.45) is 5.92 Å². The van der Waals surface area contributed by atoms with Crippen LogP contribution in [0.5, 0.6) is 0 Å². The highest BCUT2D eigenvalue weighted by Gasteiger charge is 2.27. The summed E-state index contributed by atoms with van der Waals surface area (Å²) in [6.45, 7) is 3.46. The van der Waals surface area contributed by atoms with E-state index in [9.17, 15) is 0 Å². The Bertz CT molecular complexity index is 324. The molecule has 0 amide bonds. The number of rotatable bonds is 4. The number of hydrogen-bond acceptors (Lipinski definition) is 2. The van der Waals surface area contributed by atoms with E-state index in [2.05, 4.69) is 42.8 Å². The molecule has 0 saturated carbocycles. The topological polar surface area (TPSA) is 12.0 Å². The highest BCUT2D eigenvalue weighted by molar-refractivity contribution is 7.98. The average Bonchev–Trinajstić information content (AvgIpc) is 2.56. The first-order valence-electron chi connectivity index (χ1n) is 5.63. The summed E-state index contributed by atoms with van der Waals surface area (Å²) in [5, 5.41) is 3.67. The maximum atomic E-state index is 3.67. The molecule has 2 heteroatoms. The Kier molecular flexibility index (Phi) is 3.71. The van der Waals surface area contributed by atoms with Gasteiger partial charge in [0.2, 0.25) is 0 Å². The smallest absolute Gasteiger partial charge is 0.0352 e. The van der Waals surface area contributed by atoms with Crippen LogP contribution in [0.1, 0.15) is 24.1 Å². The Hall–Kier alpha value is -0.470. The Morgan fingerprint density at radius 1 is 1.40 bits per heavy atom. The van der Waals surface area contributed by atoms with Crippen LogP contribution in [0.2, 0.25) is 0 Å². The third-order valence-corrected chi connectivity index (χ3v) is 3.78. The highest BCUT2D eigenvalue weighted by atomic mass is 32.2. The monoisotopic (exact) mass is 221 g/mol. The fourth-order valence-corrected chi connectivity index (χ4v) is 2.74. The van der Waals surface area contributed by atoms with Crippen LogP contribution in [-0.4, -0.2) is 18.6 Å². The first-order valence-corrected chi connectivity index (χ1v) is 7.02. The van der Waals surface area contributed by atoms with Gasteiger partial charge in [-0.05, 0) is 29.7 Å². The van der Waals surface area contributed by atoms with E-state index in [1.165, 1.54) is 23.3 Å². The van der Waals surface area contributed by atoms with Crippen LogP contribution < -0.4 is 5.32 Å². The third kappa shape index (κ3) is 2.37. The summed E-state index contributed by atoms with van der Waals surface area (Å²) < 4.78 is 0. The predicted molar refractivity (Wildman–Crippen MR) is 68.4 cm³/mol. The second-order valence-electron chi connectivity index (χ2n) is 4.30. The molecular weight excluding hydrogens is 202 g/mol. The molecule has 1 nitrogen and oxygen atoms in total. The van der Waals surface area contributed by atoms with Crippen molar-refractivity contribution >= 4 is 11.8 Å². The lowest BCUT2D eigenvalue weighted by Crippen LogP contribution is -2.26. The minimum atomic E-state index is 0.577. The normalized spacial score (nSPS) is 24.1. The zero-order valence-electron chi connectivity index (χ0n) is 9.49. The molecule has 15 heavy (non-hydrogen) atoms. The van der Waals surface area contributed by atoms with Crippen molar-refractivity contribution in [1.82, 2.24) is 5.32 Å². The second kappa shape index (κ2) is 5.04. The number of benzene rings is 1. The molecular formula is C13H19NS. The van der Waals surface area contributed by atoms with E-state index in [1.54, 1.807) is 0 Å². The van der Waals surface area contributed by atoms with E-state index in [-0.39, 0.29) is 0 Å². The molecule has 1 aliphatic carbocycles. The predicted octanol–water partition coefficient (Wildman–Crippen LogP) is 2.87.